The van der Waals surface area contributed by atoms with Gasteiger partial charge in [-0.25, -0.2) is 4.79 Å². The number of aromatic nitrogens is 1. The molecule has 6 nitrogen and oxygen atoms in total. The standard InChI is InChI=1S/C28H34ClN3O3/c1-28(17-20-18-31-24-13-7-5-11-21(20)24,32-27(34)35-25-14-8-6-12-22(25)29)26(33)23(30)16-15-19-9-3-2-4-10-19/h2-5,7,9-11,13,18,22-23,25,31H,6,8,12,14-17,30H2,1H3,(H,32,34). The van der Waals surface area contributed by atoms with Crippen molar-refractivity contribution >= 4 is 34.4 Å². The van der Waals surface area contributed by atoms with E-state index in [-0.39, 0.29) is 17.3 Å². The molecule has 4 atom stereocenters. The summed E-state index contributed by atoms with van der Waals surface area (Å²) >= 11 is 6.39. The molecule has 0 bridgehead atoms. The Morgan fingerprint density at radius 3 is 2.63 bits per heavy atom. The molecule has 4 N–H and O–H groups in total. The number of carbonyl (C=O) groups excluding carboxylic acids is 2. The van der Waals surface area contributed by atoms with Crippen molar-refractivity contribution < 1.29 is 14.3 Å². The maximum Gasteiger partial charge on any atom is 0.408 e. The predicted molar refractivity (Wildman–Crippen MR) is 140 cm³/mol. The molecule has 0 radical (unpaired) electrons. The van der Waals surface area contributed by atoms with Gasteiger partial charge in [0.2, 0.25) is 0 Å². The van der Waals surface area contributed by atoms with E-state index < -0.39 is 17.7 Å². The number of Topliss-reactive ketones (excluding diaryl/α,β-unsaturated/α-hetero) is 1. The monoisotopic (exact) mass is 495 g/mol. The summed E-state index contributed by atoms with van der Waals surface area (Å²) in [4.78, 5) is 29.9. The molecule has 1 saturated carbocycles. The van der Waals surface area contributed by atoms with Crippen LogP contribution in [-0.2, 0) is 22.4 Å². The number of rotatable bonds is 9. The van der Waals surface area contributed by atoms with Crippen LogP contribution in [-0.4, -0.2) is 39.9 Å². The normalized spacial score (nSPS) is 20.7. The molecule has 7 heteroatoms. The third-order valence-electron chi connectivity index (χ3n) is 6.94. The number of fused-ring (bicyclic) bond motifs is 1. The zero-order valence-corrected chi connectivity index (χ0v) is 20.9. The maximum absolute atomic E-state index is 13.7. The van der Waals surface area contributed by atoms with Crippen LogP contribution in [0.25, 0.3) is 10.9 Å². The fourth-order valence-electron chi connectivity index (χ4n) is 4.94. The number of alkyl halides is 1. The van der Waals surface area contributed by atoms with Gasteiger partial charge in [-0.1, -0.05) is 55.0 Å². The highest BCUT2D eigenvalue weighted by Gasteiger charge is 2.40. The summed E-state index contributed by atoms with van der Waals surface area (Å²) in [5.41, 5.74) is 8.18. The fourth-order valence-corrected chi connectivity index (χ4v) is 5.27. The predicted octanol–water partition coefficient (Wildman–Crippen LogP) is 5.27. The minimum Gasteiger partial charge on any atom is -0.445 e. The molecule has 1 amide bonds. The Hall–Kier alpha value is -2.83. The number of ether oxygens (including phenoxy) is 1. The molecule has 3 aromatic rings. The van der Waals surface area contributed by atoms with Crippen LogP contribution in [0.3, 0.4) is 0 Å². The van der Waals surface area contributed by atoms with E-state index in [2.05, 4.69) is 10.3 Å². The van der Waals surface area contributed by atoms with Crippen LogP contribution in [0, 0.1) is 0 Å². The number of halogens is 1. The zero-order chi connectivity index (χ0) is 24.8. The Balaban J connectivity index is 1.52. The molecular formula is C28H34ClN3O3. The average Bonchev–Trinajstić information content (AvgIpc) is 3.26. The molecule has 2 aromatic carbocycles. The van der Waals surface area contributed by atoms with Gasteiger partial charge in [-0.3, -0.25) is 4.79 Å². The minimum absolute atomic E-state index is 0.210. The fraction of sp³-hybridized carbons (Fsp3) is 0.429. The molecule has 0 saturated heterocycles. The van der Waals surface area contributed by atoms with Crippen molar-refractivity contribution in [3.63, 3.8) is 0 Å². The van der Waals surface area contributed by atoms with Crippen molar-refractivity contribution in [2.75, 3.05) is 0 Å². The lowest BCUT2D eigenvalue weighted by Crippen LogP contribution is -2.59. The first-order valence-electron chi connectivity index (χ1n) is 12.4. The first-order chi connectivity index (χ1) is 16.9. The average molecular weight is 496 g/mol. The van der Waals surface area contributed by atoms with Crippen molar-refractivity contribution in [2.45, 2.75) is 74.9 Å². The van der Waals surface area contributed by atoms with Gasteiger partial charge in [0.25, 0.3) is 0 Å². The van der Waals surface area contributed by atoms with Crippen molar-refractivity contribution in [3.05, 3.63) is 71.9 Å². The van der Waals surface area contributed by atoms with Crippen LogP contribution in [0.15, 0.2) is 60.8 Å². The summed E-state index contributed by atoms with van der Waals surface area (Å²) in [5.74, 6) is -0.221. The van der Waals surface area contributed by atoms with Gasteiger partial charge < -0.3 is 20.8 Å². The number of carbonyl (C=O) groups is 2. The van der Waals surface area contributed by atoms with Crippen LogP contribution in [0.4, 0.5) is 4.79 Å². The summed E-state index contributed by atoms with van der Waals surface area (Å²) in [7, 11) is 0. The summed E-state index contributed by atoms with van der Waals surface area (Å²) in [6.45, 7) is 1.74. The Kier molecular flexibility index (Phi) is 8.14. The molecule has 0 spiro atoms. The lowest BCUT2D eigenvalue weighted by Gasteiger charge is -2.33. The molecule has 4 rings (SSSR count). The van der Waals surface area contributed by atoms with E-state index in [1.165, 1.54) is 0 Å². The third-order valence-corrected chi connectivity index (χ3v) is 7.44. The van der Waals surface area contributed by atoms with Gasteiger partial charge >= 0.3 is 6.09 Å². The van der Waals surface area contributed by atoms with Crippen molar-refractivity contribution in [1.82, 2.24) is 10.3 Å². The molecule has 1 fully saturated rings. The number of para-hydroxylation sites is 1. The summed E-state index contributed by atoms with van der Waals surface area (Å²) in [5, 5.41) is 3.68. The quantitative estimate of drug-likeness (QED) is 0.352. The van der Waals surface area contributed by atoms with E-state index in [1.54, 1.807) is 6.92 Å². The molecule has 1 heterocycles. The molecule has 186 valence electrons. The largest absolute Gasteiger partial charge is 0.445 e. The number of alkyl carbamates (subject to hydrolysis) is 1. The topological polar surface area (TPSA) is 97.2 Å². The Morgan fingerprint density at radius 1 is 1.14 bits per heavy atom. The van der Waals surface area contributed by atoms with E-state index in [0.29, 0.717) is 19.3 Å². The SMILES string of the molecule is CC(Cc1c[nH]c2ccccc12)(NC(=O)OC1CCCCC1Cl)C(=O)C(N)CCc1ccccc1. The Morgan fingerprint density at radius 2 is 1.86 bits per heavy atom. The number of amides is 1. The lowest BCUT2D eigenvalue weighted by molar-refractivity contribution is -0.126. The van der Waals surface area contributed by atoms with Crippen molar-refractivity contribution in [3.8, 4) is 0 Å². The van der Waals surface area contributed by atoms with Gasteiger partial charge in [0.05, 0.1) is 11.4 Å². The van der Waals surface area contributed by atoms with E-state index in [9.17, 15) is 9.59 Å². The highest BCUT2D eigenvalue weighted by atomic mass is 35.5. The van der Waals surface area contributed by atoms with E-state index >= 15 is 0 Å². The van der Waals surface area contributed by atoms with Gasteiger partial charge in [-0.15, -0.1) is 11.6 Å². The Bertz CT molecular complexity index is 1150. The molecular weight excluding hydrogens is 462 g/mol. The minimum atomic E-state index is -1.24. The number of ketones is 1. The van der Waals surface area contributed by atoms with Gasteiger partial charge in [0.1, 0.15) is 11.6 Å². The van der Waals surface area contributed by atoms with E-state index in [1.807, 2.05) is 60.8 Å². The van der Waals surface area contributed by atoms with E-state index in [4.69, 9.17) is 22.1 Å². The second kappa shape index (κ2) is 11.3. The van der Waals surface area contributed by atoms with Crippen LogP contribution >= 0.6 is 11.6 Å². The van der Waals surface area contributed by atoms with Gasteiger partial charge in [-0.2, -0.15) is 0 Å². The first kappa shape index (κ1) is 25.3. The van der Waals surface area contributed by atoms with Gasteiger partial charge in [0, 0.05) is 23.5 Å². The lowest BCUT2D eigenvalue weighted by atomic mass is 9.83. The van der Waals surface area contributed by atoms with Crippen molar-refractivity contribution in [1.29, 1.82) is 0 Å². The molecule has 1 aliphatic rings. The first-order valence-corrected chi connectivity index (χ1v) is 12.8. The number of nitrogens with two attached hydrogens (primary N) is 1. The van der Waals surface area contributed by atoms with Crippen LogP contribution in [0.1, 0.15) is 50.2 Å². The van der Waals surface area contributed by atoms with Crippen LogP contribution in [0.5, 0.6) is 0 Å². The number of aryl methyl sites for hydroxylation is 1. The third kappa shape index (κ3) is 6.24. The number of hydrogen-bond acceptors (Lipinski definition) is 4. The van der Waals surface area contributed by atoms with Crippen LogP contribution in [0.2, 0.25) is 0 Å². The summed E-state index contributed by atoms with van der Waals surface area (Å²) in [6.07, 6.45) is 5.89. The highest BCUT2D eigenvalue weighted by Crippen LogP contribution is 2.27. The molecule has 1 aromatic heterocycles. The smallest absolute Gasteiger partial charge is 0.408 e. The highest BCUT2D eigenvalue weighted by molar-refractivity contribution is 6.21. The molecule has 4 unspecified atom stereocenters. The van der Waals surface area contributed by atoms with Crippen LogP contribution < -0.4 is 11.1 Å². The number of hydrogen-bond donors (Lipinski definition) is 3. The second-order valence-electron chi connectivity index (χ2n) is 9.73. The number of H-pyrrole nitrogens is 1. The molecule has 0 aliphatic heterocycles. The van der Waals surface area contributed by atoms with Gasteiger partial charge in [-0.05, 0) is 56.2 Å². The zero-order valence-electron chi connectivity index (χ0n) is 20.1. The van der Waals surface area contributed by atoms with Gasteiger partial charge in [0.15, 0.2) is 5.78 Å². The maximum atomic E-state index is 13.7. The number of nitrogens with one attached hydrogen (secondary N) is 2. The number of benzene rings is 2. The Labute approximate surface area is 211 Å². The summed E-state index contributed by atoms with van der Waals surface area (Å²) < 4.78 is 5.68. The molecule has 1 aliphatic carbocycles. The molecule has 35 heavy (non-hydrogen) atoms. The summed E-state index contributed by atoms with van der Waals surface area (Å²) in [6, 6.07) is 17.1. The second-order valence-corrected chi connectivity index (χ2v) is 10.3. The van der Waals surface area contributed by atoms with E-state index in [0.717, 1.165) is 47.7 Å². The number of aromatic amines is 1. The van der Waals surface area contributed by atoms with Crippen molar-refractivity contribution in [2.24, 2.45) is 5.73 Å².